The first kappa shape index (κ1) is 10.9. The number of aromatic hydroxyl groups is 1. The molecule has 6 N–H and O–H groups in total. The number of rotatable bonds is 3. The van der Waals surface area contributed by atoms with E-state index in [-0.39, 0.29) is 12.2 Å². The monoisotopic (exact) mass is 199 g/mol. The Hall–Kier alpha value is -1.14. The van der Waals surface area contributed by atoms with Gasteiger partial charge in [0.15, 0.2) is 0 Å². The number of hydrogen-bond acceptors (Lipinski definition) is 5. The lowest BCUT2D eigenvalue weighted by atomic mass is 10.1. The maximum atomic E-state index is 8.97. The van der Waals surface area contributed by atoms with Crippen molar-refractivity contribution < 1.29 is 20.4 Å². The highest BCUT2D eigenvalue weighted by molar-refractivity contribution is 5.26. The first-order valence-electron chi connectivity index (χ1n) is 4.10. The molecule has 0 heterocycles. The van der Waals surface area contributed by atoms with Crippen molar-refractivity contribution >= 4 is 0 Å². The van der Waals surface area contributed by atoms with Crippen LogP contribution < -0.4 is 5.73 Å². The smallest absolute Gasteiger partial charge is 0.291 e. The van der Waals surface area contributed by atoms with E-state index in [1.165, 1.54) is 12.1 Å². The minimum Gasteiger partial charge on any atom is -0.508 e. The highest BCUT2D eigenvalue weighted by Crippen LogP contribution is 2.13. The van der Waals surface area contributed by atoms with Crippen LogP contribution in [-0.4, -0.2) is 32.4 Å². The second-order valence-corrected chi connectivity index (χ2v) is 3.16. The number of benzene rings is 1. The summed E-state index contributed by atoms with van der Waals surface area (Å²) in [6.07, 6.45) is 0.101. The average molecular weight is 199 g/mol. The topological polar surface area (TPSA) is 107 Å². The van der Waals surface area contributed by atoms with Gasteiger partial charge in [-0.15, -0.1) is 0 Å². The molecule has 0 saturated heterocycles. The molecule has 0 aromatic heterocycles. The second kappa shape index (κ2) is 3.93. The van der Waals surface area contributed by atoms with Gasteiger partial charge in [-0.25, -0.2) is 0 Å². The molecule has 0 aliphatic carbocycles. The lowest BCUT2D eigenvalue weighted by molar-refractivity contribution is -0.322. The predicted octanol–water partition coefficient (Wildman–Crippen LogP) is -1.11. The molecule has 0 aliphatic rings. The summed E-state index contributed by atoms with van der Waals surface area (Å²) in [6.45, 7) is 0. The van der Waals surface area contributed by atoms with E-state index in [1.807, 2.05) is 0 Å². The third kappa shape index (κ3) is 2.97. The summed E-state index contributed by atoms with van der Waals surface area (Å²) in [5.74, 6) is -2.76. The van der Waals surface area contributed by atoms with Crippen molar-refractivity contribution in [3.8, 4) is 5.75 Å². The van der Waals surface area contributed by atoms with Crippen molar-refractivity contribution in [1.29, 1.82) is 0 Å². The van der Waals surface area contributed by atoms with Gasteiger partial charge in [-0.1, -0.05) is 12.1 Å². The Morgan fingerprint density at radius 1 is 1.14 bits per heavy atom. The highest BCUT2D eigenvalue weighted by atomic mass is 16.7. The van der Waals surface area contributed by atoms with Crippen molar-refractivity contribution in [2.75, 3.05) is 0 Å². The summed E-state index contributed by atoms with van der Waals surface area (Å²) in [4.78, 5) is 0. The fourth-order valence-corrected chi connectivity index (χ4v) is 1.02. The van der Waals surface area contributed by atoms with Gasteiger partial charge in [0.2, 0.25) is 0 Å². The summed E-state index contributed by atoms with van der Waals surface area (Å²) in [5, 5.41) is 35.2. The van der Waals surface area contributed by atoms with E-state index in [1.54, 1.807) is 12.1 Å². The summed E-state index contributed by atoms with van der Waals surface area (Å²) in [6, 6.07) is 4.89. The molecule has 0 amide bonds. The molecule has 0 spiro atoms. The molecule has 1 rings (SSSR count). The van der Waals surface area contributed by atoms with E-state index in [9.17, 15) is 0 Å². The lowest BCUT2D eigenvalue weighted by Gasteiger charge is -2.21. The lowest BCUT2D eigenvalue weighted by Crippen LogP contribution is -2.49. The molecule has 78 valence electrons. The van der Waals surface area contributed by atoms with Gasteiger partial charge in [-0.05, 0) is 24.1 Å². The van der Waals surface area contributed by atoms with Gasteiger partial charge < -0.3 is 26.2 Å². The third-order valence-corrected chi connectivity index (χ3v) is 1.89. The molecule has 14 heavy (non-hydrogen) atoms. The van der Waals surface area contributed by atoms with Crippen LogP contribution in [0.2, 0.25) is 0 Å². The Kier molecular flexibility index (Phi) is 3.07. The van der Waals surface area contributed by atoms with Gasteiger partial charge in [-0.3, -0.25) is 0 Å². The first-order chi connectivity index (χ1) is 6.39. The van der Waals surface area contributed by atoms with E-state index in [0.29, 0.717) is 5.56 Å². The minimum absolute atomic E-state index is 0.101. The highest BCUT2D eigenvalue weighted by Gasteiger charge is 2.28. The van der Waals surface area contributed by atoms with Crippen LogP contribution in [0.3, 0.4) is 0 Å². The molecule has 5 nitrogen and oxygen atoms in total. The fourth-order valence-electron chi connectivity index (χ4n) is 1.02. The number of phenolic OH excluding ortho intramolecular Hbond substituents is 1. The largest absolute Gasteiger partial charge is 0.508 e. The quantitative estimate of drug-likeness (QED) is 0.397. The Labute approximate surface area is 81.0 Å². The van der Waals surface area contributed by atoms with Gasteiger partial charge in [0.25, 0.3) is 5.97 Å². The van der Waals surface area contributed by atoms with Crippen LogP contribution in [0.5, 0.6) is 5.75 Å². The van der Waals surface area contributed by atoms with E-state index >= 15 is 0 Å². The van der Waals surface area contributed by atoms with Crippen LogP contribution in [0, 0.1) is 0 Å². The minimum atomic E-state index is -2.88. The SMILES string of the molecule is NC(Cc1ccc(O)cc1)C(O)(O)O. The molecule has 0 bridgehead atoms. The number of phenols is 1. The Morgan fingerprint density at radius 2 is 1.64 bits per heavy atom. The Bertz CT molecular complexity index is 291. The van der Waals surface area contributed by atoms with Crippen molar-refractivity contribution in [3.63, 3.8) is 0 Å². The van der Waals surface area contributed by atoms with Gasteiger partial charge in [-0.2, -0.15) is 0 Å². The normalized spacial score (nSPS) is 14.0. The molecule has 0 fully saturated rings. The maximum absolute atomic E-state index is 8.97. The van der Waals surface area contributed by atoms with Crippen molar-refractivity contribution in [1.82, 2.24) is 0 Å². The summed E-state index contributed by atoms with van der Waals surface area (Å²) in [5.41, 5.74) is 6.00. The molecule has 1 aromatic carbocycles. The van der Waals surface area contributed by atoms with Crippen molar-refractivity contribution in [2.24, 2.45) is 5.73 Å². The average Bonchev–Trinajstić information content (AvgIpc) is 2.07. The van der Waals surface area contributed by atoms with Crippen LogP contribution >= 0.6 is 0 Å². The van der Waals surface area contributed by atoms with Gasteiger partial charge >= 0.3 is 0 Å². The van der Waals surface area contributed by atoms with Crippen LogP contribution in [0.1, 0.15) is 5.56 Å². The molecular weight excluding hydrogens is 186 g/mol. The van der Waals surface area contributed by atoms with Crippen LogP contribution in [0.25, 0.3) is 0 Å². The molecule has 1 aromatic rings. The molecule has 0 aliphatic heterocycles. The van der Waals surface area contributed by atoms with Gasteiger partial charge in [0.05, 0.1) is 6.04 Å². The van der Waals surface area contributed by atoms with E-state index in [4.69, 9.17) is 26.2 Å². The zero-order valence-corrected chi connectivity index (χ0v) is 7.46. The first-order valence-corrected chi connectivity index (χ1v) is 4.10. The Morgan fingerprint density at radius 3 is 2.07 bits per heavy atom. The molecule has 1 unspecified atom stereocenters. The fraction of sp³-hybridized carbons (Fsp3) is 0.333. The molecule has 5 heteroatoms. The van der Waals surface area contributed by atoms with E-state index in [2.05, 4.69) is 0 Å². The Balaban J connectivity index is 2.65. The van der Waals surface area contributed by atoms with E-state index in [0.717, 1.165) is 0 Å². The standard InChI is InChI=1S/C9H13NO4/c10-8(9(12,13)14)5-6-1-3-7(11)4-2-6/h1-4,8,11-14H,5,10H2. The summed E-state index contributed by atoms with van der Waals surface area (Å²) >= 11 is 0. The van der Waals surface area contributed by atoms with Crippen molar-refractivity contribution in [2.45, 2.75) is 18.4 Å². The predicted molar refractivity (Wildman–Crippen MR) is 49.2 cm³/mol. The van der Waals surface area contributed by atoms with Gasteiger partial charge in [0.1, 0.15) is 5.75 Å². The molecule has 1 atom stereocenters. The molecular formula is C9H13NO4. The number of nitrogens with two attached hydrogens (primary N) is 1. The number of hydrogen-bond donors (Lipinski definition) is 5. The van der Waals surface area contributed by atoms with E-state index < -0.39 is 12.0 Å². The zero-order valence-electron chi connectivity index (χ0n) is 7.46. The van der Waals surface area contributed by atoms with Crippen LogP contribution in [-0.2, 0) is 6.42 Å². The molecule has 0 saturated carbocycles. The second-order valence-electron chi connectivity index (χ2n) is 3.16. The maximum Gasteiger partial charge on any atom is 0.291 e. The summed E-state index contributed by atoms with van der Waals surface area (Å²) in [7, 11) is 0. The van der Waals surface area contributed by atoms with Crippen LogP contribution in [0.15, 0.2) is 24.3 Å². The van der Waals surface area contributed by atoms with Crippen LogP contribution in [0.4, 0.5) is 0 Å². The van der Waals surface area contributed by atoms with Crippen molar-refractivity contribution in [3.05, 3.63) is 29.8 Å². The third-order valence-electron chi connectivity index (χ3n) is 1.89. The summed E-state index contributed by atoms with van der Waals surface area (Å²) < 4.78 is 0. The molecule has 0 radical (unpaired) electrons. The number of aliphatic hydroxyl groups is 3. The van der Waals surface area contributed by atoms with Gasteiger partial charge in [0, 0.05) is 0 Å². The zero-order chi connectivity index (χ0) is 10.8.